The van der Waals surface area contributed by atoms with Gasteiger partial charge >= 0.3 is 5.97 Å². The highest BCUT2D eigenvalue weighted by Crippen LogP contribution is 2.28. The molecule has 17 nitrogen and oxygen atoms in total. The number of anilines is 2. The van der Waals surface area contributed by atoms with E-state index in [9.17, 15) is 28.0 Å². The molecule has 0 saturated heterocycles. The molecule has 6 heterocycles. The minimum Gasteiger partial charge on any atom is -0.488 e. The van der Waals surface area contributed by atoms with Crippen LogP contribution < -0.4 is 30.3 Å². The van der Waals surface area contributed by atoms with Crippen LogP contribution in [0.15, 0.2) is 110 Å². The number of carbonyl (C=O) groups excluding carboxylic acids is 3. The van der Waals surface area contributed by atoms with Crippen LogP contribution in [0.4, 0.5) is 20.4 Å². The Kier molecular flexibility index (Phi) is 14.6. The molecule has 4 N–H and O–H groups in total. The van der Waals surface area contributed by atoms with E-state index in [-0.39, 0.29) is 37.2 Å². The van der Waals surface area contributed by atoms with E-state index in [2.05, 4.69) is 25.5 Å². The number of amides is 3. The minimum absolute atomic E-state index is 0. The second kappa shape index (κ2) is 19.9. The molecule has 0 bridgehead atoms. The maximum atomic E-state index is 14.3. The van der Waals surface area contributed by atoms with Crippen LogP contribution in [0.1, 0.15) is 32.1 Å². The van der Waals surface area contributed by atoms with Gasteiger partial charge in [-0.3, -0.25) is 33.5 Å². The van der Waals surface area contributed by atoms with Crippen molar-refractivity contribution in [2.45, 2.75) is 25.2 Å². The molecular formula is C40H39ClF2N10O7. The normalized spacial score (nSPS) is 15.4. The number of hydrogen-bond acceptors (Lipinski definition) is 11. The van der Waals surface area contributed by atoms with E-state index in [0.717, 1.165) is 23.5 Å². The van der Waals surface area contributed by atoms with Gasteiger partial charge in [-0.1, -0.05) is 60.7 Å². The summed E-state index contributed by atoms with van der Waals surface area (Å²) in [6.45, 7) is 0.771. The Labute approximate surface area is 347 Å². The first kappa shape index (κ1) is 43.9. The Morgan fingerprint density at radius 1 is 0.733 bits per heavy atom. The van der Waals surface area contributed by atoms with Crippen LogP contribution in [-0.4, -0.2) is 97.7 Å². The van der Waals surface area contributed by atoms with Crippen molar-refractivity contribution in [3.63, 3.8) is 0 Å². The van der Waals surface area contributed by atoms with Gasteiger partial charge in [0, 0.05) is 26.5 Å². The van der Waals surface area contributed by atoms with E-state index in [0.29, 0.717) is 36.2 Å². The van der Waals surface area contributed by atoms with Crippen molar-refractivity contribution in [2.24, 2.45) is 5.73 Å². The van der Waals surface area contributed by atoms with Crippen LogP contribution in [0.3, 0.4) is 0 Å². The summed E-state index contributed by atoms with van der Waals surface area (Å²) in [4.78, 5) is 58.3. The Morgan fingerprint density at radius 3 is 1.70 bits per heavy atom. The fourth-order valence-electron chi connectivity index (χ4n) is 5.81. The van der Waals surface area contributed by atoms with Gasteiger partial charge in [-0.15, -0.1) is 12.4 Å². The van der Waals surface area contributed by atoms with Gasteiger partial charge in [-0.05, 0) is 35.4 Å². The van der Waals surface area contributed by atoms with Crippen molar-refractivity contribution in [1.29, 1.82) is 0 Å². The Bertz CT molecular complexity index is 2440. The lowest BCUT2D eigenvalue weighted by Gasteiger charge is -2.19. The Hall–Kier alpha value is -7.25. The van der Waals surface area contributed by atoms with Crippen molar-refractivity contribution in [3.05, 3.63) is 144 Å². The smallest absolute Gasteiger partial charge is 0.359 e. The maximum Gasteiger partial charge on any atom is 0.359 e. The number of carbonyl (C=O) groups is 4. The number of carboxylic acids is 1. The molecule has 312 valence electrons. The average Bonchev–Trinajstić information content (AvgIpc) is 3.75. The number of likely N-dealkylation sites (N-methyl/N-ethyl adjacent to an activating group) is 2. The number of ether oxygens (including phenoxy) is 2. The van der Waals surface area contributed by atoms with Crippen molar-refractivity contribution in [1.82, 2.24) is 34.8 Å². The second-order valence-corrected chi connectivity index (χ2v) is 13.0. The number of rotatable bonds is 7. The zero-order valence-corrected chi connectivity index (χ0v) is 32.9. The molecule has 0 fully saturated rings. The zero-order chi connectivity index (χ0) is 42.1. The summed E-state index contributed by atoms with van der Waals surface area (Å²) in [6.07, 6.45) is 5.39. The number of hydrogen-bond donors (Lipinski definition) is 3. The van der Waals surface area contributed by atoms with Crippen molar-refractivity contribution >= 4 is 47.7 Å². The molecule has 2 atom stereocenters. The number of nitrogens with two attached hydrogens (primary N) is 1. The highest BCUT2D eigenvalue weighted by atomic mass is 35.5. The first-order valence-electron chi connectivity index (χ1n) is 17.9. The number of fused-ring (bicyclic) bond motifs is 2. The van der Waals surface area contributed by atoms with Crippen LogP contribution in [-0.2, 0) is 22.7 Å². The van der Waals surface area contributed by atoms with Gasteiger partial charge < -0.3 is 25.6 Å². The molecule has 6 aromatic rings. The first-order valence-corrected chi connectivity index (χ1v) is 17.9. The van der Waals surface area contributed by atoms with Crippen LogP contribution >= 0.6 is 12.4 Å². The predicted octanol–water partition coefficient (Wildman–Crippen LogP) is 3.57. The Morgan fingerprint density at radius 2 is 1.20 bits per heavy atom. The standard InChI is InChI=1S/C20H18FN5O3.C11H9FN2O2.C9H11N3O2.ClH/c1-25-18-16(8-5-9-22-18)29-12-15(20(25)28)23-19(27)17-14(21)11-26(24-17)10-13-6-3-2-4-7-13;12-9-7-14(13-10(9)11(15)16)6-8-4-2-1-3-5-8;1-12-8-7(3-2-4-11-8)14-5-6(10)9(12)13;/h2-9,11,15H,10,12H2,1H3,(H,23,27);1-5,7H,6H2,(H,15,16);2-4,6H,5,10H2,1H3;1H/t15-;;6-;/m0.0./s1. The van der Waals surface area contributed by atoms with E-state index >= 15 is 0 Å². The molecule has 0 saturated carbocycles. The third-order valence-corrected chi connectivity index (χ3v) is 8.77. The molecular weight excluding hydrogens is 806 g/mol. The maximum absolute atomic E-state index is 14.3. The molecule has 4 aromatic heterocycles. The number of aromatic carboxylic acids is 1. The van der Waals surface area contributed by atoms with Gasteiger partial charge in [0.2, 0.25) is 11.6 Å². The highest BCUT2D eigenvalue weighted by molar-refractivity contribution is 6.02. The van der Waals surface area contributed by atoms with Gasteiger partial charge in [0.25, 0.3) is 11.8 Å². The lowest BCUT2D eigenvalue weighted by Crippen LogP contribution is -2.49. The fourth-order valence-corrected chi connectivity index (χ4v) is 5.81. The molecule has 60 heavy (non-hydrogen) atoms. The Balaban J connectivity index is 0.000000186. The highest BCUT2D eigenvalue weighted by Gasteiger charge is 2.33. The van der Waals surface area contributed by atoms with E-state index in [1.54, 1.807) is 43.7 Å². The summed E-state index contributed by atoms with van der Waals surface area (Å²) in [5.74, 6) is -2.43. The monoisotopic (exact) mass is 844 g/mol. The SMILES string of the molecule is CN1C(=O)[C@@H](N)COc2cccnc21.CN1C(=O)[C@@H](NC(=O)c2nn(Cc3ccccc3)cc2F)COc2cccnc21.Cl.O=C(O)c1nn(Cc2ccccc2)cc1F. The topological polar surface area (TPSA) is 213 Å². The van der Waals surface area contributed by atoms with Gasteiger partial charge in [0.1, 0.15) is 25.3 Å². The number of halogens is 3. The van der Waals surface area contributed by atoms with Crippen LogP contribution in [0.5, 0.6) is 11.5 Å². The third kappa shape index (κ3) is 10.6. The summed E-state index contributed by atoms with van der Waals surface area (Å²) >= 11 is 0. The molecule has 0 spiro atoms. The average molecular weight is 845 g/mol. The van der Waals surface area contributed by atoms with E-state index in [1.165, 1.54) is 26.2 Å². The van der Waals surface area contributed by atoms with Gasteiger partial charge in [-0.2, -0.15) is 10.2 Å². The molecule has 8 rings (SSSR count). The van der Waals surface area contributed by atoms with E-state index in [4.69, 9.17) is 20.3 Å². The van der Waals surface area contributed by atoms with Crippen molar-refractivity contribution < 1.29 is 42.5 Å². The van der Waals surface area contributed by atoms with Gasteiger partial charge in [0.05, 0.1) is 25.5 Å². The van der Waals surface area contributed by atoms with E-state index in [1.807, 2.05) is 60.7 Å². The summed E-state index contributed by atoms with van der Waals surface area (Å²) in [5.41, 5.74) is 6.53. The zero-order valence-electron chi connectivity index (χ0n) is 32.1. The van der Waals surface area contributed by atoms with E-state index < -0.39 is 47.2 Å². The lowest BCUT2D eigenvalue weighted by atomic mass is 10.2. The van der Waals surface area contributed by atoms with Crippen molar-refractivity contribution in [2.75, 3.05) is 37.1 Å². The number of nitrogens with zero attached hydrogens (tertiary/aromatic N) is 8. The summed E-state index contributed by atoms with van der Waals surface area (Å²) in [7, 11) is 3.18. The van der Waals surface area contributed by atoms with Crippen molar-refractivity contribution in [3.8, 4) is 11.5 Å². The third-order valence-electron chi connectivity index (χ3n) is 8.77. The van der Waals surface area contributed by atoms with Gasteiger partial charge in [-0.25, -0.2) is 23.5 Å². The number of carboxylic acid groups (broad SMARTS) is 1. The largest absolute Gasteiger partial charge is 0.488 e. The molecule has 3 amide bonds. The van der Waals surface area contributed by atoms with Crippen LogP contribution in [0.25, 0.3) is 0 Å². The fraction of sp³-hybridized carbons (Fsp3) is 0.200. The van der Waals surface area contributed by atoms with Crippen LogP contribution in [0, 0.1) is 11.6 Å². The van der Waals surface area contributed by atoms with Gasteiger partial charge in [0.15, 0.2) is 40.5 Å². The molecule has 2 aliphatic heterocycles. The molecule has 2 aliphatic rings. The van der Waals surface area contributed by atoms with Crippen LogP contribution in [0.2, 0.25) is 0 Å². The number of benzene rings is 2. The number of pyridine rings is 2. The number of aromatic nitrogens is 6. The summed E-state index contributed by atoms with van der Waals surface area (Å²) in [5, 5.41) is 18.8. The molecule has 0 aliphatic carbocycles. The molecule has 20 heteroatoms. The molecule has 0 unspecified atom stereocenters. The minimum atomic E-state index is -1.36. The summed E-state index contributed by atoms with van der Waals surface area (Å²) in [6, 6.07) is 23.9. The first-order chi connectivity index (χ1) is 28.4. The molecule has 2 aromatic carbocycles. The number of nitrogens with one attached hydrogen (secondary N) is 1. The summed E-state index contributed by atoms with van der Waals surface area (Å²) < 4.78 is 41.0. The molecule has 0 radical (unpaired) electrons. The quantitative estimate of drug-likeness (QED) is 0.211. The second-order valence-electron chi connectivity index (χ2n) is 13.0. The predicted molar refractivity (Wildman–Crippen MR) is 215 cm³/mol. The lowest BCUT2D eigenvalue weighted by molar-refractivity contribution is -0.121.